The number of nitrogens with one attached hydrogen (secondary N) is 1. The zero-order valence-corrected chi connectivity index (χ0v) is 15.6. The van der Waals surface area contributed by atoms with Crippen LogP contribution in [-0.4, -0.2) is 47.7 Å². The number of anilines is 1. The maximum absolute atomic E-state index is 12.8. The molecule has 1 aromatic carbocycles. The summed E-state index contributed by atoms with van der Waals surface area (Å²) in [6.45, 7) is 6.45. The largest absolute Gasteiger partial charge is 0.484 e. The molecular weight excluding hydrogens is 357 g/mol. The van der Waals surface area contributed by atoms with Gasteiger partial charge in [0.15, 0.2) is 11.7 Å². The summed E-state index contributed by atoms with van der Waals surface area (Å²) in [5, 5.41) is 5.21. The van der Waals surface area contributed by atoms with Crippen molar-refractivity contribution in [3.63, 3.8) is 0 Å². The van der Waals surface area contributed by atoms with Crippen molar-refractivity contribution >= 4 is 22.4 Å². The monoisotopic (exact) mass is 379 g/mol. The van der Waals surface area contributed by atoms with E-state index < -0.39 is 0 Å². The van der Waals surface area contributed by atoms with E-state index in [4.69, 9.17) is 9.47 Å². The summed E-state index contributed by atoms with van der Waals surface area (Å²) in [6, 6.07) is 5.53. The summed E-state index contributed by atoms with van der Waals surface area (Å²) >= 11 is 1.39. The quantitative estimate of drug-likeness (QED) is 0.836. The Labute approximate surface area is 155 Å². The number of carbonyl (C=O) groups is 1. The third-order valence-electron chi connectivity index (χ3n) is 3.86. The smallest absolute Gasteiger partial charge is 0.264 e. The second-order valence-electron chi connectivity index (χ2n) is 6.39. The Hall–Kier alpha value is -2.03. The lowest BCUT2D eigenvalue weighted by molar-refractivity contribution is -0.118. The summed E-state index contributed by atoms with van der Waals surface area (Å²) in [5.74, 6) is -0.207. The van der Waals surface area contributed by atoms with Gasteiger partial charge in [-0.1, -0.05) is 0 Å². The van der Waals surface area contributed by atoms with Gasteiger partial charge in [-0.3, -0.25) is 15.0 Å². The van der Waals surface area contributed by atoms with Crippen LogP contribution in [0.5, 0.6) is 5.75 Å². The first-order valence-electron chi connectivity index (χ1n) is 8.48. The van der Waals surface area contributed by atoms with Gasteiger partial charge in [0.1, 0.15) is 11.6 Å². The predicted octanol–water partition coefficient (Wildman–Crippen LogP) is 2.91. The molecule has 0 aliphatic carbocycles. The Morgan fingerprint density at radius 1 is 1.35 bits per heavy atom. The van der Waals surface area contributed by atoms with Gasteiger partial charge in [-0.05, 0) is 38.1 Å². The van der Waals surface area contributed by atoms with Crippen LogP contribution in [0.1, 0.15) is 19.5 Å². The SMILES string of the molecule is CC1CN(Cc2csc(NC(=O)COc3ccc(F)cc3)n2)CC(C)O1. The zero-order valence-electron chi connectivity index (χ0n) is 14.8. The Morgan fingerprint density at radius 2 is 2.04 bits per heavy atom. The normalized spacial score (nSPS) is 20.7. The molecule has 0 saturated carbocycles. The van der Waals surface area contributed by atoms with Gasteiger partial charge in [0.05, 0.1) is 17.9 Å². The molecule has 0 bridgehead atoms. The van der Waals surface area contributed by atoms with Crippen LogP contribution < -0.4 is 10.1 Å². The average Bonchev–Trinajstić information content (AvgIpc) is 3.00. The molecule has 0 spiro atoms. The molecule has 2 atom stereocenters. The number of aromatic nitrogens is 1. The van der Waals surface area contributed by atoms with Crippen LogP contribution in [0.4, 0.5) is 9.52 Å². The number of nitrogens with zero attached hydrogens (tertiary/aromatic N) is 2. The minimum absolute atomic E-state index is 0.154. The van der Waals surface area contributed by atoms with E-state index in [1.807, 2.05) is 5.38 Å². The summed E-state index contributed by atoms with van der Waals surface area (Å²) in [7, 11) is 0. The highest BCUT2D eigenvalue weighted by Crippen LogP contribution is 2.19. The Morgan fingerprint density at radius 3 is 2.73 bits per heavy atom. The van der Waals surface area contributed by atoms with E-state index in [0.29, 0.717) is 10.9 Å². The zero-order chi connectivity index (χ0) is 18.5. The lowest BCUT2D eigenvalue weighted by atomic mass is 10.2. The average molecular weight is 379 g/mol. The van der Waals surface area contributed by atoms with Crippen LogP contribution in [0.3, 0.4) is 0 Å². The van der Waals surface area contributed by atoms with Crippen molar-refractivity contribution in [1.29, 1.82) is 0 Å². The minimum Gasteiger partial charge on any atom is -0.484 e. The van der Waals surface area contributed by atoms with Gasteiger partial charge in [0, 0.05) is 25.0 Å². The molecule has 1 aliphatic heterocycles. The number of ether oxygens (including phenoxy) is 2. The molecular formula is C18H22FN3O3S. The Bertz CT molecular complexity index is 728. The van der Waals surface area contributed by atoms with Crippen LogP contribution in [0.2, 0.25) is 0 Å². The van der Waals surface area contributed by atoms with Crippen LogP contribution in [0.25, 0.3) is 0 Å². The fraction of sp³-hybridized carbons (Fsp3) is 0.444. The molecule has 26 heavy (non-hydrogen) atoms. The van der Waals surface area contributed by atoms with E-state index in [9.17, 15) is 9.18 Å². The molecule has 2 heterocycles. The maximum Gasteiger partial charge on any atom is 0.264 e. The van der Waals surface area contributed by atoms with Gasteiger partial charge in [-0.2, -0.15) is 0 Å². The molecule has 1 aromatic heterocycles. The molecule has 1 aliphatic rings. The molecule has 0 radical (unpaired) electrons. The standard InChI is InChI=1S/C18H22FN3O3S/c1-12-7-22(8-13(2)25-12)9-15-11-26-18(20-15)21-17(23)10-24-16-5-3-14(19)4-6-16/h3-6,11-13H,7-10H2,1-2H3,(H,20,21,23). The maximum atomic E-state index is 12.8. The molecule has 1 saturated heterocycles. The fourth-order valence-corrected chi connectivity index (χ4v) is 3.63. The van der Waals surface area contributed by atoms with E-state index in [-0.39, 0.29) is 30.5 Å². The summed E-state index contributed by atoms with van der Waals surface area (Å²) in [4.78, 5) is 18.7. The molecule has 6 nitrogen and oxygen atoms in total. The lowest BCUT2D eigenvalue weighted by Gasteiger charge is -2.34. The van der Waals surface area contributed by atoms with Crippen molar-refractivity contribution in [2.45, 2.75) is 32.6 Å². The predicted molar refractivity (Wildman–Crippen MR) is 97.9 cm³/mol. The van der Waals surface area contributed by atoms with E-state index in [1.165, 1.54) is 35.6 Å². The van der Waals surface area contributed by atoms with Crippen molar-refractivity contribution in [3.8, 4) is 5.75 Å². The number of thiazole rings is 1. The third-order valence-corrected chi connectivity index (χ3v) is 4.67. The number of hydrogen-bond acceptors (Lipinski definition) is 6. The molecule has 1 fully saturated rings. The van der Waals surface area contributed by atoms with Crippen LogP contribution in [-0.2, 0) is 16.1 Å². The molecule has 2 aromatic rings. The molecule has 2 unspecified atom stereocenters. The highest BCUT2D eigenvalue weighted by molar-refractivity contribution is 7.13. The number of morpholine rings is 1. The second kappa shape index (κ2) is 8.57. The van der Waals surface area contributed by atoms with Crippen LogP contribution in [0.15, 0.2) is 29.6 Å². The number of amides is 1. The lowest BCUT2D eigenvalue weighted by Crippen LogP contribution is -2.44. The number of benzene rings is 1. The van der Waals surface area contributed by atoms with E-state index >= 15 is 0 Å². The molecule has 8 heteroatoms. The van der Waals surface area contributed by atoms with Gasteiger partial charge in [-0.25, -0.2) is 9.37 Å². The van der Waals surface area contributed by atoms with Crippen molar-refractivity contribution in [2.24, 2.45) is 0 Å². The number of hydrogen-bond donors (Lipinski definition) is 1. The van der Waals surface area contributed by atoms with Gasteiger partial charge in [0.25, 0.3) is 5.91 Å². The van der Waals surface area contributed by atoms with Crippen molar-refractivity contribution < 1.29 is 18.7 Å². The minimum atomic E-state index is -0.346. The van der Waals surface area contributed by atoms with Crippen molar-refractivity contribution in [3.05, 3.63) is 41.2 Å². The number of carbonyl (C=O) groups excluding carboxylic acids is 1. The Balaban J connectivity index is 1.46. The first-order valence-corrected chi connectivity index (χ1v) is 9.36. The fourth-order valence-electron chi connectivity index (χ4n) is 2.91. The van der Waals surface area contributed by atoms with Crippen LogP contribution >= 0.6 is 11.3 Å². The highest BCUT2D eigenvalue weighted by atomic mass is 32.1. The third kappa shape index (κ3) is 5.48. The van der Waals surface area contributed by atoms with Crippen molar-refractivity contribution in [1.82, 2.24) is 9.88 Å². The van der Waals surface area contributed by atoms with Crippen LogP contribution in [0, 0.1) is 5.82 Å². The van der Waals surface area contributed by atoms with Gasteiger partial charge in [-0.15, -0.1) is 11.3 Å². The highest BCUT2D eigenvalue weighted by Gasteiger charge is 2.22. The van der Waals surface area contributed by atoms with Gasteiger partial charge < -0.3 is 9.47 Å². The number of rotatable bonds is 6. The summed E-state index contributed by atoms with van der Waals surface area (Å²) in [5.41, 5.74) is 0.922. The van der Waals surface area contributed by atoms with Gasteiger partial charge >= 0.3 is 0 Å². The van der Waals surface area contributed by atoms with Gasteiger partial charge in [0.2, 0.25) is 0 Å². The topological polar surface area (TPSA) is 63.7 Å². The first-order chi connectivity index (χ1) is 12.5. The second-order valence-corrected chi connectivity index (χ2v) is 7.24. The molecule has 3 rings (SSSR count). The molecule has 1 N–H and O–H groups in total. The molecule has 140 valence electrons. The van der Waals surface area contributed by atoms with E-state index in [2.05, 4.69) is 29.0 Å². The number of halogens is 1. The van der Waals surface area contributed by atoms with E-state index in [1.54, 1.807) is 0 Å². The summed E-state index contributed by atoms with van der Waals surface area (Å²) < 4.78 is 23.9. The van der Waals surface area contributed by atoms with E-state index in [0.717, 1.165) is 25.3 Å². The summed E-state index contributed by atoms with van der Waals surface area (Å²) in [6.07, 6.45) is 0.417. The van der Waals surface area contributed by atoms with Crippen molar-refractivity contribution in [2.75, 3.05) is 25.0 Å². The first kappa shape index (κ1) is 18.8. The molecule has 1 amide bonds. The Kier molecular flexibility index (Phi) is 6.18.